The van der Waals surface area contributed by atoms with E-state index in [-0.39, 0.29) is 12.5 Å². The molecule has 2 aliphatic rings. The van der Waals surface area contributed by atoms with Gasteiger partial charge in [-0.1, -0.05) is 352 Å². The molecule has 0 aromatic carbocycles. The van der Waals surface area contributed by atoms with Crippen LogP contribution in [0.2, 0.25) is 0 Å². The molecule has 12 unspecified atom stereocenters. The largest absolute Gasteiger partial charge is 0.394 e. The fourth-order valence-electron chi connectivity index (χ4n) is 13.5. The van der Waals surface area contributed by atoms with Crippen molar-refractivity contribution in [3.05, 3.63) is 36.5 Å². The fraction of sp³-hybridized carbons (Fsp3) is 0.912. The summed E-state index contributed by atoms with van der Waals surface area (Å²) in [5, 5.41) is 87.9. The number of aliphatic hydroxyl groups excluding tert-OH is 8. The van der Waals surface area contributed by atoms with Gasteiger partial charge in [0.25, 0.3) is 0 Å². The van der Waals surface area contributed by atoms with E-state index in [9.17, 15) is 45.6 Å². The zero-order valence-electron chi connectivity index (χ0n) is 60.7. The summed E-state index contributed by atoms with van der Waals surface area (Å²) in [5.41, 5.74) is 0. The molecular formula is C80H151NO13. The number of carbonyl (C=O) groups is 1. The molecule has 2 rings (SSSR count). The Balaban J connectivity index is 1.61. The summed E-state index contributed by atoms with van der Waals surface area (Å²) in [7, 11) is 0. The summed E-state index contributed by atoms with van der Waals surface area (Å²) < 4.78 is 23.0. The van der Waals surface area contributed by atoms with E-state index in [1.807, 2.05) is 0 Å². The lowest BCUT2D eigenvalue weighted by atomic mass is 9.97. The van der Waals surface area contributed by atoms with Crippen LogP contribution in [0, 0.1) is 0 Å². The lowest BCUT2D eigenvalue weighted by Gasteiger charge is -2.46. The van der Waals surface area contributed by atoms with E-state index in [2.05, 4.69) is 55.6 Å². The summed E-state index contributed by atoms with van der Waals surface area (Å²) in [6, 6.07) is -0.832. The van der Waals surface area contributed by atoms with Crippen LogP contribution in [0.15, 0.2) is 36.5 Å². The monoisotopic (exact) mass is 1330 g/mol. The number of unbranched alkanes of at least 4 members (excludes halogenated alkanes) is 49. The van der Waals surface area contributed by atoms with Gasteiger partial charge in [0.1, 0.15) is 48.8 Å². The summed E-state index contributed by atoms with van der Waals surface area (Å²) in [6.45, 7) is 2.91. The molecule has 94 heavy (non-hydrogen) atoms. The summed E-state index contributed by atoms with van der Waals surface area (Å²) in [6.07, 6.45) is 67.5. The van der Waals surface area contributed by atoms with Gasteiger partial charge >= 0.3 is 0 Å². The van der Waals surface area contributed by atoms with E-state index in [1.165, 1.54) is 283 Å². The molecule has 554 valence electrons. The molecule has 14 nitrogen and oxygen atoms in total. The Hall–Kier alpha value is -1.79. The number of nitrogens with one attached hydrogen (secondary N) is 1. The van der Waals surface area contributed by atoms with Crippen molar-refractivity contribution >= 4 is 5.91 Å². The Bertz CT molecular complexity index is 1720. The van der Waals surface area contributed by atoms with Gasteiger partial charge in [0.05, 0.1) is 32.0 Å². The molecule has 12 atom stereocenters. The second kappa shape index (κ2) is 64.6. The van der Waals surface area contributed by atoms with Gasteiger partial charge in [-0.15, -0.1) is 0 Å². The van der Waals surface area contributed by atoms with Gasteiger partial charge in [-0.3, -0.25) is 4.79 Å². The molecule has 2 heterocycles. The third-order valence-corrected chi connectivity index (χ3v) is 19.9. The van der Waals surface area contributed by atoms with Crippen molar-refractivity contribution in [2.24, 2.45) is 0 Å². The molecule has 2 saturated heterocycles. The first-order chi connectivity index (χ1) is 46.1. The van der Waals surface area contributed by atoms with Crippen molar-refractivity contribution < 1.29 is 64.6 Å². The first kappa shape index (κ1) is 88.3. The molecule has 0 spiro atoms. The number of allylic oxidation sites excluding steroid dienone is 6. The number of aliphatic hydroxyl groups is 8. The Morgan fingerprint density at radius 1 is 0.383 bits per heavy atom. The van der Waals surface area contributed by atoms with E-state index >= 15 is 0 Å². The van der Waals surface area contributed by atoms with Crippen molar-refractivity contribution in [3.63, 3.8) is 0 Å². The highest BCUT2D eigenvalue weighted by atomic mass is 16.7. The predicted molar refractivity (Wildman–Crippen MR) is 388 cm³/mol. The molecule has 0 bridgehead atoms. The number of carbonyl (C=O) groups excluding carboxylic acids is 1. The van der Waals surface area contributed by atoms with Crippen LogP contribution in [-0.4, -0.2) is 140 Å². The summed E-state index contributed by atoms with van der Waals surface area (Å²) in [5.74, 6) is -0.203. The highest BCUT2D eigenvalue weighted by Gasteiger charge is 2.51. The van der Waals surface area contributed by atoms with Crippen LogP contribution in [-0.2, 0) is 23.7 Å². The molecule has 0 aromatic heterocycles. The molecule has 14 heteroatoms. The third-order valence-electron chi connectivity index (χ3n) is 19.9. The molecule has 1 amide bonds. The normalized spacial score (nSPS) is 22.6. The lowest BCUT2D eigenvalue weighted by molar-refractivity contribution is -0.359. The number of rotatable bonds is 68. The van der Waals surface area contributed by atoms with Crippen molar-refractivity contribution in [2.45, 2.75) is 447 Å². The minimum absolute atomic E-state index is 0.203. The van der Waals surface area contributed by atoms with Crippen LogP contribution in [0.5, 0.6) is 0 Å². The third kappa shape index (κ3) is 47.3. The Morgan fingerprint density at radius 2 is 0.702 bits per heavy atom. The Morgan fingerprint density at radius 3 is 1.07 bits per heavy atom. The van der Waals surface area contributed by atoms with E-state index in [0.29, 0.717) is 12.8 Å². The second-order valence-corrected chi connectivity index (χ2v) is 28.6. The number of hydrogen-bond donors (Lipinski definition) is 9. The summed E-state index contributed by atoms with van der Waals surface area (Å²) >= 11 is 0. The Labute approximate surface area is 576 Å². The smallest absolute Gasteiger partial charge is 0.220 e. The maximum Gasteiger partial charge on any atom is 0.220 e. The van der Waals surface area contributed by atoms with Crippen LogP contribution in [0.3, 0.4) is 0 Å². The number of hydrogen-bond acceptors (Lipinski definition) is 13. The second-order valence-electron chi connectivity index (χ2n) is 28.6. The van der Waals surface area contributed by atoms with Gasteiger partial charge in [-0.2, -0.15) is 0 Å². The average molecular weight is 1340 g/mol. The summed E-state index contributed by atoms with van der Waals surface area (Å²) in [4.78, 5) is 13.4. The van der Waals surface area contributed by atoms with Crippen LogP contribution in [0.4, 0.5) is 0 Å². The first-order valence-electron chi connectivity index (χ1n) is 40.2. The molecular weight excluding hydrogens is 1180 g/mol. The Kier molecular flexibility index (Phi) is 60.7. The quantitative estimate of drug-likeness (QED) is 0.0204. The van der Waals surface area contributed by atoms with Crippen molar-refractivity contribution in [1.82, 2.24) is 5.32 Å². The minimum atomic E-state index is -1.78. The molecule has 0 saturated carbocycles. The van der Waals surface area contributed by atoms with Gasteiger partial charge in [-0.25, -0.2) is 0 Å². The van der Waals surface area contributed by atoms with Crippen LogP contribution < -0.4 is 5.32 Å². The predicted octanol–water partition coefficient (Wildman–Crippen LogP) is 18.0. The number of ether oxygens (including phenoxy) is 4. The molecule has 0 aromatic rings. The lowest BCUT2D eigenvalue weighted by Crippen LogP contribution is -2.65. The maximum absolute atomic E-state index is 13.4. The zero-order chi connectivity index (χ0) is 68.0. The van der Waals surface area contributed by atoms with Gasteiger partial charge < -0.3 is 65.1 Å². The fourth-order valence-corrected chi connectivity index (χ4v) is 13.5. The van der Waals surface area contributed by atoms with Gasteiger partial charge in [0, 0.05) is 6.42 Å². The molecule has 2 fully saturated rings. The van der Waals surface area contributed by atoms with Gasteiger partial charge in [-0.05, 0) is 51.4 Å². The zero-order valence-corrected chi connectivity index (χ0v) is 60.7. The van der Waals surface area contributed by atoms with Crippen molar-refractivity contribution in [3.8, 4) is 0 Å². The van der Waals surface area contributed by atoms with Crippen LogP contribution in [0.1, 0.15) is 373 Å². The highest BCUT2D eigenvalue weighted by Crippen LogP contribution is 2.30. The van der Waals surface area contributed by atoms with Crippen molar-refractivity contribution in [1.29, 1.82) is 0 Å². The average Bonchev–Trinajstić information content (AvgIpc) is 0.794. The molecule has 9 N–H and O–H groups in total. The van der Waals surface area contributed by atoms with E-state index in [1.54, 1.807) is 0 Å². The standard InChI is InChI=1S/C80H151NO13/c1-3-5-7-9-11-13-15-17-19-21-23-25-27-29-31-32-33-34-35-36-38-39-41-43-45-47-49-51-53-55-57-59-61-63-69(84)68(67-91-79-77(90)75(88)78(71(66-83)93-79)94-80-76(89)74(87)73(86)70(65-82)92-80)81-72(85)64-62-60-58-56-54-52-50-48-46-44-42-40-37-30-28-26-24-22-20-18-16-14-12-10-8-6-4-2/h16,18,22,24,28,30,68-71,73-80,82-84,86-90H,3-15,17,19-21,23,25-27,29,31-67H2,1-2H3,(H,81,85)/b18-16-,24-22-,30-28-. The van der Waals surface area contributed by atoms with Gasteiger partial charge in [0.2, 0.25) is 5.91 Å². The number of amides is 1. The SMILES string of the molecule is CCCCCCC/C=C\C/C=C\C/C=C\CCCCCCCCCCCCCCC(=O)NC(COC1OC(CO)C(OC2OC(CO)C(O)C(O)C2O)C(O)C1O)C(O)CCCCCCCCCCCCCCCCCCCCCCCCCCCCCCCCCCC. The van der Waals surface area contributed by atoms with Crippen molar-refractivity contribution in [2.75, 3.05) is 19.8 Å². The first-order valence-corrected chi connectivity index (χ1v) is 40.2. The van der Waals surface area contributed by atoms with E-state index < -0.39 is 86.8 Å². The van der Waals surface area contributed by atoms with E-state index in [4.69, 9.17) is 18.9 Å². The van der Waals surface area contributed by atoms with Gasteiger partial charge in [0.15, 0.2) is 12.6 Å². The van der Waals surface area contributed by atoms with E-state index in [0.717, 1.165) is 64.2 Å². The molecule has 0 radical (unpaired) electrons. The maximum atomic E-state index is 13.4. The van der Waals surface area contributed by atoms with Crippen LogP contribution >= 0.6 is 0 Å². The highest BCUT2D eigenvalue weighted by molar-refractivity contribution is 5.76. The topological polar surface area (TPSA) is 228 Å². The molecule has 0 aliphatic carbocycles. The minimum Gasteiger partial charge on any atom is -0.394 e. The van der Waals surface area contributed by atoms with Crippen LogP contribution in [0.25, 0.3) is 0 Å². The molecule has 2 aliphatic heterocycles.